The van der Waals surface area contributed by atoms with Gasteiger partial charge in [-0.2, -0.15) is 0 Å². The fraction of sp³-hybridized carbons (Fsp3) is 0.318. The van der Waals surface area contributed by atoms with Gasteiger partial charge in [0.05, 0.1) is 6.42 Å². The van der Waals surface area contributed by atoms with Gasteiger partial charge in [0.25, 0.3) is 0 Å². The minimum Gasteiger partial charge on any atom is -0.370 e. The van der Waals surface area contributed by atoms with Crippen molar-refractivity contribution < 1.29 is 18.8 Å². The van der Waals surface area contributed by atoms with Crippen LogP contribution in [0.1, 0.15) is 60.8 Å². The van der Waals surface area contributed by atoms with Gasteiger partial charge in [-0.05, 0) is 78.3 Å². The van der Waals surface area contributed by atoms with Crippen molar-refractivity contribution >= 4 is 40.3 Å². The number of aromatic nitrogens is 1. The Morgan fingerprint density at radius 3 is 2.20 bits per heavy atom. The lowest BCUT2D eigenvalue weighted by Gasteiger charge is -2.23. The van der Waals surface area contributed by atoms with Crippen LogP contribution in [0.2, 0.25) is 0 Å². The first kappa shape index (κ1) is 39.7. The number of fused-ring (bicyclic) bond motifs is 1. The van der Waals surface area contributed by atoms with E-state index in [1.807, 2.05) is 78.9 Å². The largest absolute Gasteiger partial charge is 0.370 e. The van der Waals surface area contributed by atoms with Crippen molar-refractivity contribution in [2.75, 3.05) is 11.9 Å². The Bertz CT molecular complexity index is 2090. The maximum absolute atomic E-state index is 14.2. The number of guanidine groups is 1. The third-order valence-corrected chi connectivity index (χ3v) is 10.2. The summed E-state index contributed by atoms with van der Waals surface area (Å²) in [4.78, 5) is 45.3. The molecule has 0 unspecified atom stereocenters. The van der Waals surface area contributed by atoms with Crippen molar-refractivity contribution in [3.05, 3.63) is 137 Å². The number of amides is 3. The summed E-state index contributed by atoms with van der Waals surface area (Å²) in [5, 5.41) is 13.6. The van der Waals surface area contributed by atoms with Crippen LogP contribution in [-0.4, -0.2) is 52.9 Å². The molecule has 0 saturated heterocycles. The topological polar surface area (TPSA) is 169 Å². The van der Waals surface area contributed by atoms with Crippen molar-refractivity contribution in [3.63, 3.8) is 0 Å². The number of nitrogens with zero attached hydrogens (tertiary/aromatic N) is 2. The number of carbonyl (C=O) groups is 3. The van der Waals surface area contributed by atoms with Gasteiger partial charge < -0.3 is 37.3 Å². The molecular formula is C44H51FN8O3. The van der Waals surface area contributed by atoms with Crippen molar-refractivity contribution in [3.8, 4) is 0 Å². The first-order chi connectivity index (χ1) is 27.2. The van der Waals surface area contributed by atoms with Crippen LogP contribution in [0.5, 0.6) is 0 Å². The quantitative estimate of drug-likeness (QED) is 0.0403. The summed E-state index contributed by atoms with van der Waals surface area (Å²) in [5.74, 6) is -1.53. The summed E-state index contributed by atoms with van der Waals surface area (Å²) in [6.45, 7) is 1.51. The summed E-state index contributed by atoms with van der Waals surface area (Å²) in [5.41, 5.74) is 16.3. The molecule has 0 aliphatic heterocycles. The summed E-state index contributed by atoms with van der Waals surface area (Å²) in [6, 6.07) is 29.6. The zero-order chi connectivity index (χ0) is 39.3. The lowest BCUT2D eigenvalue weighted by atomic mass is 10.0. The third-order valence-electron chi connectivity index (χ3n) is 10.2. The van der Waals surface area contributed by atoms with Crippen molar-refractivity contribution in [1.29, 1.82) is 0 Å². The maximum Gasteiger partial charge on any atom is 0.247 e. The average Bonchev–Trinajstić information content (AvgIpc) is 3.84. The van der Waals surface area contributed by atoms with Crippen LogP contribution in [0.15, 0.2) is 114 Å². The molecule has 1 fully saturated rings. The molecule has 292 valence electrons. The fourth-order valence-electron chi connectivity index (χ4n) is 7.25. The summed E-state index contributed by atoms with van der Waals surface area (Å²) in [6.07, 6.45) is 7.87. The Hall–Kier alpha value is -6.01. The Kier molecular flexibility index (Phi) is 13.8. The van der Waals surface area contributed by atoms with E-state index in [9.17, 15) is 18.8 Å². The van der Waals surface area contributed by atoms with E-state index in [0.29, 0.717) is 31.2 Å². The average molecular weight is 759 g/mol. The van der Waals surface area contributed by atoms with Gasteiger partial charge in [0.2, 0.25) is 17.7 Å². The predicted octanol–water partition coefficient (Wildman–Crippen LogP) is 5.31. The first-order valence-corrected chi connectivity index (χ1v) is 19.3. The van der Waals surface area contributed by atoms with Crippen molar-refractivity contribution in [2.24, 2.45) is 16.5 Å². The molecule has 1 aliphatic rings. The molecule has 1 saturated carbocycles. The number of rotatable bonds is 18. The van der Waals surface area contributed by atoms with Crippen LogP contribution in [0.4, 0.5) is 10.1 Å². The van der Waals surface area contributed by atoms with Crippen LogP contribution >= 0.6 is 0 Å². The fourth-order valence-corrected chi connectivity index (χ4v) is 7.25. The minimum absolute atomic E-state index is 0.0569. The summed E-state index contributed by atoms with van der Waals surface area (Å²) < 4.78 is 15.8. The van der Waals surface area contributed by atoms with Gasteiger partial charge in [0, 0.05) is 54.9 Å². The van der Waals surface area contributed by atoms with Crippen molar-refractivity contribution in [2.45, 2.75) is 82.6 Å². The molecule has 6 rings (SSSR count). The van der Waals surface area contributed by atoms with E-state index in [4.69, 9.17) is 11.5 Å². The van der Waals surface area contributed by atoms with E-state index in [1.54, 1.807) is 12.1 Å². The second-order valence-corrected chi connectivity index (χ2v) is 14.5. The second-order valence-electron chi connectivity index (χ2n) is 14.5. The smallest absolute Gasteiger partial charge is 0.247 e. The number of hydrogen-bond acceptors (Lipinski definition) is 5. The molecular weight excluding hydrogens is 708 g/mol. The van der Waals surface area contributed by atoms with Gasteiger partial charge in [-0.1, -0.05) is 85.6 Å². The monoisotopic (exact) mass is 758 g/mol. The normalized spacial score (nSPS) is 13.9. The van der Waals surface area contributed by atoms with Gasteiger partial charge in [0.15, 0.2) is 5.96 Å². The van der Waals surface area contributed by atoms with Gasteiger partial charge >= 0.3 is 0 Å². The lowest BCUT2D eigenvalue weighted by molar-refractivity contribution is -0.131. The number of hydrogen-bond donors (Lipinski definition) is 6. The molecule has 8 N–H and O–H groups in total. The number of nitrogens with two attached hydrogens (primary N) is 2. The lowest BCUT2D eigenvalue weighted by Crippen LogP contribution is -2.53. The molecule has 3 amide bonds. The standard InChI is InChI=1S/C44H51FN8O3/c45-34-19-17-32(18-20-34)28-53-29-33(27-49-35-14-7-8-15-35)37-26-36(21-22-40(37)53)50-43(56)39(24-30-10-3-1-4-11-30)52-42(55)38(16-9-23-48-44(46)47)51-41(54)25-31-12-5-2-6-13-31/h1-6,10-13,17-22,26,29,35,38-39,49H,7-9,14-16,23-25,27-28H2,(H,50,56)(H,51,54)(H,52,55)(H4,46,47,48)/t38-,39-/m1/s1. The van der Waals surface area contributed by atoms with Crippen molar-refractivity contribution in [1.82, 2.24) is 20.5 Å². The van der Waals surface area contributed by atoms with Gasteiger partial charge in [-0.3, -0.25) is 19.4 Å². The number of nitrogens with one attached hydrogen (secondary N) is 4. The number of carbonyl (C=O) groups excluding carboxylic acids is 3. The molecule has 12 heteroatoms. The third kappa shape index (κ3) is 11.5. The van der Waals surface area contributed by atoms with Crippen LogP contribution in [0, 0.1) is 5.82 Å². The highest BCUT2D eigenvalue weighted by molar-refractivity contribution is 6.00. The van der Waals surface area contributed by atoms with E-state index in [0.717, 1.165) is 46.0 Å². The Morgan fingerprint density at radius 2 is 1.50 bits per heavy atom. The van der Waals surface area contributed by atoms with Crippen LogP contribution in [0.3, 0.4) is 0 Å². The molecule has 56 heavy (non-hydrogen) atoms. The van der Waals surface area contributed by atoms with Crippen LogP contribution in [0.25, 0.3) is 10.9 Å². The molecule has 0 radical (unpaired) electrons. The zero-order valence-electron chi connectivity index (χ0n) is 31.6. The van der Waals surface area contributed by atoms with E-state index in [2.05, 4.69) is 37.0 Å². The van der Waals surface area contributed by atoms with E-state index in [-0.39, 0.29) is 43.5 Å². The Labute approximate surface area is 327 Å². The van der Waals surface area contributed by atoms with Gasteiger partial charge in [-0.25, -0.2) is 4.39 Å². The maximum atomic E-state index is 14.2. The predicted molar refractivity (Wildman–Crippen MR) is 219 cm³/mol. The molecule has 1 aliphatic carbocycles. The van der Waals surface area contributed by atoms with Crippen LogP contribution in [-0.2, 0) is 40.3 Å². The SMILES string of the molecule is NC(N)=NCCC[C@@H](NC(=O)Cc1ccccc1)C(=O)N[C@H](Cc1ccccc1)C(=O)Nc1ccc2c(c1)c(CNC1CCCC1)cn2Cc1ccc(F)cc1. The molecule has 0 bridgehead atoms. The first-order valence-electron chi connectivity index (χ1n) is 19.3. The Morgan fingerprint density at radius 1 is 0.804 bits per heavy atom. The number of benzene rings is 4. The van der Waals surface area contributed by atoms with Gasteiger partial charge in [-0.15, -0.1) is 0 Å². The van der Waals surface area contributed by atoms with Crippen LogP contribution < -0.4 is 32.7 Å². The molecule has 2 atom stereocenters. The van der Waals surface area contributed by atoms with Gasteiger partial charge in [0.1, 0.15) is 17.9 Å². The molecule has 1 heterocycles. The number of anilines is 1. The van der Waals surface area contributed by atoms with E-state index in [1.165, 1.54) is 25.0 Å². The molecule has 5 aromatic rings. The summed E-state index contributed by atoms with van der Waals surface area (Å²) >= 11 is 0. The minimum atomic E-state index is -0.960. The zero-order valence-corrected chi connectivity index (χ0v) is 31.6. The summed E-state index contributed by atoms with van der Waals surface area (Å²) in [7, 11) is 0. The highest BCUT2D eigenvalue weighted by Crippen LogP contribution is 2.27. The highest BCUT2D eigenvalue weighted by Gasteiger charge is 2.27. The number of halogens is 1. The Balaban J connectivity index is 1.22. The number of aliphatic imine (C=N–C) groups is 1. The highest BCUT2D eigenvalue weighted by atomic mass is 19.1. The molecule has 1 aromatic heterocycles. The second kappa shape index (κ2) is 19.5. The van der Waals surface area contributed by atoms with E-state index >= 15 is 0 Å². The van der Waals surface area contributed by atoms with E-state index < -0.39 is 23.9 Å². The molecule has 4 aromatic carbocycles. The molecule has 0 spiro atoms. The molecule has 11 nitrogen and oxygen atoms in total.